The molecule has 0 fully saturated rings. The van der Waals surface area contributed by atoms with E-state index in [1.807, 2.05) is 25.1 Å². The second-order valence-electron chi connectivity index (χ2n) is 6.28. The maximum atomic E-state index is 12.3. The summed E-state index contributed by atoms with van der Waals surface area (Å²) in [5, 5.41) is 2.88. The van der Waals surface area contributed by atoms with Gasteiger partial charge >= 0.3 is 0 Å². The van der Waals surface area contributed by atoms with Gasteiger partial charge in [-0.05, 0) is 49.2 Å². The van der Waals surface area contributed by atoms with Crippen molar-refractivity contribution in [3.05, 3.63) is 59.4 Å². The van der Waals surface area contributed by atoms with Crippen LogP contribution in [0.25, 0.3) is 0 Å². The Morgan fingerprint density at radius 1 is 1.32 bits per heavy atom. The van der Waals surface area contributed by atoms with Crippen molar-refractivity contribution < 1.29 is 13.2 Å². The number of hydrogen-bond donors (Lipinski definition) is 1. The van der Waals surface area contributed by atoms with Crippen molar-refractivity contribution in [3.63, 3.8) is 0 Å². The minimum absolute atomic E-state index is 0.132. The van der Waals surface area contributed by atoms with Crippen LogP contribution in [0.4, 0.5) is 5.69 Å². The average molecular weight is 359 g/mol. The van der Waals surface area contributed by atoms with Crippen LogP contribution in [-0.4, -0.2) is 38.2 Å². The molecular formula is C18H21N3O3S. The van der Waals surface area contributed by atoms with Gasteiger partial charge in [-0.2, -0.15) is 0 Å². The molecule has 0 aliphatic carbocycles. The van der Waals surface area contributed by atoms with Crippen LogP contribution in [0.2, 0.25) is 0 Å². The second kappa shape index (κ2) is 6.84. The molecule has 7 heteroatoms. The Bertz CT molecular complexity index is 882. The molecule has 1 aliphatic rings. The molecule has 132 valence electrons. The van der Waals surface area contributed by atoms with Crippen LogP contribution in [0.15, 0.2) is 42.6 Å². The van der Waals surface area contributed by atoms with Crippen molar-refractivity contribution in [2.24, 2.45) is 0 Å². The molecule has 0 spiro atoms. The van der Waals surface area contributed by atoms with Gasteiger partial charge in [-0.1, -0.05) is 6.07 Å². The number of carbonyl (C=O) groups excluding carboxylic acids is 1. The molecular weight excluding hydrogens is 338 g/mol. The summed E-state index contributed by atoms with van der Waals surface area (Å²) in [6.07, 6.45) is 4.21. The number of hydrogen-bond acceptors (Lipinski definition) is 4. The second-order valence-corrected chi connectivity index (χ2v) is 8.14. The number of amides is 1. The summed E-state index contributed by atoms with van der Waals surface area (Å²) in [6.45, 7) is 2.37. The van der Waals surface area contributed by atoms with Crippen LogP contribution in [-0.2, 0) is 22.9 Å². The largest absolute Gasteiger partial charge is 0.352 e. The maximum Gasteiger partial charge on any atom is 0.251 e. The lowest BCUT2D eigenvalue weighted by Gasteiger charge is -2.21. The molecule has 0 unspecified atom stereocenters. The molecule has 1 aliphatic heterocycles. The zero-order valence-corrected chi connectivity index (χ0v) is 15.1. The minimum atomic E-state index is -3.32. The van der Waals surface area contributed by atoms with E-state index in [1.54, 1.807) is 24.4 Å². The van der Waals surface area contributed by atoms with Gasteiger partial charge in [0, 0.05) is 36.5 Å². The highest BCUT2D eigenvalue weighted by atomic mass is 32.2. The van der Waals surface area contributed by atoms with E-state index in [2.05, 4.69) is 10.3 Å². The SMILES string of the molecule is C[C@H]1Cc2cc(C(=O)NCCc3ccccn3)ccc2N1S(C)(=O)=O. The predicted molar refractivity (Wildman–Crippen MR) is 97.2 cm³/mol. The lowest BCUT2D eigenvalue weighted by atomic mass is 10.1. The van der Waals surface area contributed by atoms with E-state index in [4.69, 9.17) is 0 Å². The monoisotopic (exact) mass is 359 g/mol. The van der Waals surface area contributed by atoms with Crippen molar-refractivity contribution in [3.8, 4) is 0 Å². The molecule has 1 atom stereocenters. The van der Waals surface area contributed by atoms with E-state index >= 15 is 0 Å². The molecule has 3 rings (SSSR count). The van der Waals surface area contributed by atoms with Crippen molar-refractivity contribution in [2.75, 3.05) is 17.1 Å². The molecule has 2 heterocycles. The van der Waals surface area contributed by atoms with Crippen LogP contribution >= 0.6 is 0 Å². The van der Waals surface area contributed by atoms with Gasteiger partial charge in [0.25, 0.3) is 5.91 Å². The third-order valence-electron chi connectivity index (χ3n) is 4.24. The van der Waals surface area contributed by atoms with Crippen LogP contribution < -0.4 is 9.62 Å². The van der Waals surface area contributed by atoms with Gasteiger partial charge < -0.3 is 5.32 Å². The summed E-state index contributed by atoms with van der Waals surface area (Å²) in [6, 6.07) is 10.7. The highest BCUT2D eigenvalue weighted by molar-refractivity contribution is 7.92. The molecule has 1 N–H and O–H groups in total. The standard InChI is InChI=1S/C18H21N3O3S/c1-13-11-15-12-14(6-7-17(15)21(13)25(2,23)24)18(22)20-10-8-16-5-3-4-9-19-16/h3-7,9,12-13H,8,10-11H2,1-2H3,(H,20,22)/t13-/m0/s1. The van der Waals surface area contributed by atoms with E-state index in [-0.39, 0.29) is 11.9 Å². The fourth-order valence-corrected chi connectivity index (χ4v) is 4.47. The van der Waals surface area contributed by atoms with E-state index in [1.165, 1.54) is 10.6 Å². The maximum absolute atomic E-state index is 12.3. The summed E-state index contributed by atoms with van der Waals surface area (Å²) in [4.78, 5) is 16.6. The van der Waals surface area contributed by atoms with Gasteiger partial charge in [0.1, 0.15) is 0 Å². The summed E-state index contributed by atoms with van der Waals surface area (Å²) in [7, 11) is -3.32. The molecule has 0 radical (unpaired) electrons. The highest BCUT2D eigenvalue weighted by Gasteiger charge is 2.32. The number of fused-ring (bicyclic) bond motifs is 1. The Kier molecular flexibility index (Phi) is 4.76. The van der Waals surface area contributed by atoms with E-state index in [9.17, 15) is 13.2 Å². The van der Waals surface area contributed by atoms with Crippen LogP contribution in [0.1, 0.15) is 28.5 Å². The Morgan fingerprint density at radius 3 is 2.80 bits per heavy atom. The molecule has 1 aromatic carbocycles. The number of rotatable bonds is 5. The van der Waals surface area contributed by atoms with Gasteiger partial charge in [-0.25, -0.2) is 8.42 Å². The van der Waals surface area contributed by atoms with Crippen LogP contribution in [0.5, 0.6) is 0 Å². The number of benzene rings is 1. The predicted octanol–water partition coefficient (Wildman–Crippen LogP) is 1.76. The lowest BCUT2D eigenvalue weighted by Crippen LogP contribution is -2.34. The van der Waals surface area contributed by atoms with Gasteiger partial charge in [0.15, 0.2) is 0 Å². The third-order valence-corrected chi connectivity index (χ3v) is 5.52. The first kappa shape index (κ1) is 17.4. The summed E-state index contributed by atoms with van der Waals surface area (Å²) >= 11 is 0. The first-order valence-electron chi connectivity index (χ1n) is 8.16. The number of carbonyl (C=O) groups is 1. The molecule has 2 aromatic rings. The van der Waals surface area contributed by atoms with Gasteiger partial charge in [-0.3, -0.25) is 14.1 Å². The van der Waals surface area contributed by atoms with E-state index in [0.717, 1.165) is 11.3 Å². The van der Waals surface area contributed by atoms with Crippen LogP contribution in [0, 0.1) is 0 Å². The normalized spacial score (nSPS) is 16.6. The fraction of sp³-hybridized carbons (Fsp3) is 0.333. The van der Waals surface area contributed by atoms with Crippen molar-refractivity contribution >= 4 is 21.6 Å². The molecule has 0 saturated carbocycles. The quantitative estimate of drug-likeness (QED) is 0.882. The van der Waals surface area contributed by atoms with E-state index in [0.29, 0.717) is 30.6 Å². The molecule has 1 amide bonds. The molecule has 0 bridgehead atoms. The first-order valence-corrected chi connectivity index (χ1v) is 10.0. The van der Waals surface area contributed by atoms with Crippen molar-refractivity contribution in [2.45, 2.75) is 25.8 Å². The van der Waals surface area contributed by atoms with E-state index < -0.39 is 10.0 Å². The highest BCUT2D eigenvalue weighted by Crippen LogP contribution is 2.34. The summed E-state index contributed by atoms with van der Waals surface area (Å²) in [5.41, 5.74) is 3.02. The zero-order chi connectivity index (χ0) is 18.0. The molecule has 6 nitrogen and oxygen atoms in total. The average Bonchev–Trinajstić information content (AvgIpc) is 2.90. The number of anilines is 1. The lowest BCUT2D eigenvalue weighted by molar-refractivity contribution is 0.0954. The van der Waals surface area contributed by atoms with Crippen molar-refractivity contribution in [1.29, 1.82) is 0 Å². The number of sulfonamides is 1. The Labute approximate surface area is 147 Å². The van der Waals surface area contributed by atoms with Crippen LogP contribution in [0.3, 0.4) is 0 Å². The fourth-order valence-electron chi connectivity index (χ4n) is 3.20. The van der Waals surface area contributed by atoms with Crippen molar-refractivity contribution in [1.82, 2.24) is 10.3 Å². The van der Waals surface area contributed by atoms with Gasteiger partial charge in [0.2, 0.25) is 10.0 Å². The van der Waals surface area contributed by atoms with Gasteiger partial charge in [-0.15, -0.1) is 0 Å². The number of aromatic nitrogens is 1. The first-order chi connectivity index (χ1) is 11.9. The number of nitrogens with zero attached hydrogens (tertiary/aromatic N) is 2. The summed E-state index contributed by atoms with van der Waals surface area (Å²) < 4.78 is 25.3. The number of pyridine rings is 1. The topological polar surface area (TPSA) is 79.4 Å². The Balaban J connectivity index is 1.68. The number of nitrogens with one attached hydrogen (secondary N) is 1. The smallest absolute Gasteiger partial charge is 0.251 e. The zero-order valence-electron chi connectivity index (χ0n) is 14.3. The third kappa shape index (κ3) is 3.82. The Hall–Kier alpha value is -2.41. The van der Waals surface area contributed by atoms with Gasteiger partial charge in [0.05, 0.1) is 11.9 Å². The molecule has 1 aromatic heterocycles. The summed E-state index contributed by atoms with van der Waals surface area (Å²) in [5.74, 6) is -0.163. The molecule has 0 saturated heterocycles. The Morgan fingerprint density at radius 2 is 2.12 bits per heavy atom. The molecule has 25 heavy (non-hydrogen) atoms. The minimum Gasteiger partial charge on any atom is -0.352 e.